The predicted octanol–water partition coefficient (Wildman–Crippen LogP) is 5.76. The van der Waals surface area contributed by atoms with E-state index < -0.39 is 11.6 Å². The van der Waals surface area contributed by atoms with Crippen LogP contribution < -0.4 is 10.5 Å². The fraction of sp³-hybridized carbons (Fsp3) is 0.370. The average Bonchev–Trinajstić information content (AvgIpc) is 2.76. The molecule has 2 aromatic carbocycles. The molecule has 0 aliphatic carbocycles. The van der Waals surface area contributed by atoms with E-state index >= 15 is 0 Å². The molecular weight excluding hydrogens is 414 g/mol. The number of nitrogens with zero attached hydrogens (tertiary/aromatic N) is 3. The number of nitriles is 1. The summed E-state index contributed by atoms with van der Waals surface area (Å²) in [4.78, 5) is 28.5. The normalized spacial score (nSPS) is 11.5. The molecule has 0 saturated carbocycles. The van der Waals surface area contributed by atoms with E-state index in [1.54, 1.807) is 15.5 Å². The van der Waals surface area contributed by atoms with Crippen molar-refractivity contribution in [3.63, 3.8) is 0 Å². The van der Waals surface area contributed by atoms with Crippen molar-refractivity contribution in [3.8, 4) is 17.2 Å². The topological polar surface area (TPSA) is 75.3 Å². The minimum atomic E-state index is -0.667. The molecule has 0 atom stereocenters. The Balaban J connectivity index is 2.61. The first-order valence-electron chi connectivity index (χ1n) is 11.1. The van der Waals surface area contributed by atoms with Crippen molar-refractivity contribution in [2.24, 2.45) is 5.92 Å². The Kier molecular flexibility index (Phi) is 6.92. The second kappa shape index (κ2) is 9.50. The van der Waals surface area contributed by atoms with E-state index in [9.17, 15) is 14.9 Å². The van der Waals surface area contributed by atoms with Crippen LogP contribution in [0.3, 0.4) is 0 Å². The third-order valence-corrected chi connectivity index (χ3v) is 5.44. The predicted molar refractivity (Wildman–Crippen MR) is 132 cm³/mol. The second-order valence-corrected chi connectivity index (χ2v) is 9.57. The molecule has 0 spiro atoms. The lowest BCUT2D eigenvalue weighted by Crippen LogP contribution is -2.49. The quantitative estimate of drug-likeness (QED) is 0.500. The molecule has 0 saturated heterocycles. The molecule has 3 aromatic rings. The van der Waals surface area contributed by atoms with Crippen LogP contribution in [0, 0.1) is 17.2 Å². The number of anilines is 1. The monoisotopic (exact) mass is 445 g/mol. The summed E-state index contributed by atoms with van der Waals surface area (Å²) in [5, 5.41) is 10.5. The summed E-state index contributed by atoms with van der Waals surface area (Å²) in [7, 11) is 1.35. The lowest BCUT2D eigenvalue weighted by molar-refractivity contribution is 0.172. The molecule has 0 radical (unpaired) electrons. The molecule has 0 aliphatic rings. The number of aromatic nitrogens is 1. The molecule has 0 aliphatic heterocycles. The van der Waals surface area contributed by atoms with E-state index in [0.29, 0.717) is 23.1 Å². The fourth-order valence-corrected chi connectivity index (χ4v) is 4.11. The molecule has 0 N–H and O–H groups in total. The zero-order chi connectivity index (χ0) is 24.3. The number of pyridine rings is 1. The average molecular weight is 446 g/mol. The third kappa shape index (κ3) is 4.78. The summed E-state index contributed by atoms with van der Waals surface area (Å²) >= 11 is 0. The minimum absolute atomic E-state index is 0.167. The lowest BCUT2D eigenvalue weighted by atomic mass is 9.94. The van der Waals surface area contributed by atoms with Gasteiger partial charge in [-0.25, -0.2) is 4.79 Å². The standard InChI is InChI=1S/C27H31N3O3/c1-18(2)17-29-24(30(26(32)33-6)27(3,4)5)23(20-10-8-7-9-11-20)22-16-19(14-15-28)12-13-21(22)25(29)31/h7-13,16,18H,14,17H2,1-6H3. The molecule has 6 nitrogen and oxygen atoms in total. The molecule has 6 heteroatoms. The second-order valence-electron chi connectivity index (χ2n) is 9.57. The van der Waals surface area contributed by atoms with Crippen LogP contribution in [0.15, 0.2) is 53.3 Å². The molecule has 0 bridgehead atoms. The Morgan fingerprint density at radius 1 is 1.12 bits per heavy atom. The van der Waals surface area contributed by atoms with Crippen LogP contribution >= 0.6 is 0 Å². The molecule has 0 fully saturated rings. The number of amides is 1. The van der Waals surface area contributed by atoms with E-state index in [1.165, 1.54) is 7.11 Å². The Hall–Kier alpha value is -3.59. The van der Waals surface area contributed by atoms with Gasteiger partial charge in [-0.3, -0.25) is 14.3 Å². The van der Waals surface area contributed by atoms with Crippen molar-refractivity contribution in [2.75, 3.05) is 12.0 Å². The van der Waals surface area contributed by atoms with Crippen LogP contribution in [0.1, 0.15) is 40.2 Å². The molecular formula is C27H31N3O3. The Labute approximate surface area is 195 Å². The van der Waals surface area contributed by atoms with Gasteiger partial charge in [0.15, 0.2) is 0 Å². The number of hydrogen-bond acceptors (Lipinski definition) is 4. The largest absolute Gasteiger partial charge is 0.452 e. The minimum Gasteiger partial charge on any atom is -0.452 e. The van der Waals surface area contributed by atoms with Gasteiger partial charge in [0.1, 0.15) is 5.82 Å². The number of carbonyl (C=O) groups excluding carboxylic acids is 1. The van der Waals surface area contributed by atoms with Crippen LogP contribution in [0.4, 0.5) is 10.6 Å². The van der Waals surface area contributed by atoms with E-state index in [2.05, 4.69) is 6.07 Å². The lowest BCUT2D eigenvalue weighted by Gasteiger charge is -2.37. The van der Waals surface area contributed by atoms with Gasteiger partial charge < -0.3 is 4.74 Å². The van der Waals surface area contributed by atoms with Crippen molar-refractivity contribution < 1.29 is 9.53 Å². The van der Waals surface area contributed by atoms with Gasteiger partial charge in [0.2, 0.25) is 0 Å². The van der Waals surface area contributed by atoms with Gasteiger partial charge in [0.05, 0.1) is 19.6 Å². The first-order chi connectivity index (χ1) is 15.6. The molecule has 1 aromatic heterocycles. The third-order valence-electron chi connectivity index (χ3n) is 5.44. The van der Waals surface area contributed by atoms with Gasteiger partial charge in [0.25, 0.3) is 5.56 Å². The van der Waals surface area contributed by atoms with E-state index in [1.807, 2.05) is 77.1 Å². The van der Waals surface area contributed by atoms with E-state index in [4.69, 9.17) is 4.74 Å². The summed E-state index contributed by atoms with van der Waals surface area (Å²) in [6.07, 6.45) is -0.307. The van der Waals surface area contributed by atoms with Crippen LogP contribution in [0.25, 0.3) is 21.9 Å². The first kappa shape index (κ1) is 24.1. The highest BCUT2D eigenvalue weighted by Crippen LogP contribution is 2.39. The number of methoxy groups -OCH3 is 1. The van der Waals surface area contributed by atoms with Gasteiger partial charge in [-0.2, -0.15) is 5.26 Å². The fourth-order valence-electron chi connectivity index (χ4n) is 4.11. The zero-order valence-corrected chi connectivity index (χ0v) is 20.2. The first-order valence-corrected chi connectivity index (χ1v) is 11.1. The molecule has 0 unspecified atom stereocenters. The maximum Gasteiger partial charge on any atom is 0.415 e. The number of hydrogen-bond donors (Lipinski definition) is 0. The highest BCUT2D eigenvalue weighted by Gasteiger charge is 2.35. The Morgan fingerprint density at radius 2 is 1.79 bits per heavy atom. The molecule has 3 rings (SSSR count). The maximum absolute atomic E-state index is 13.8. The van der Waals surface area contributed by atoms with Gasteiger partial charge >= 0.3 is 6.09 Å². The summed E-state index contributed by atoms with van der Waals surface area (Å²) in [5.41, 5.74) is 1.62. The van der Waals surface area contributed by atoms with Gasteiger partial charge in [-0.15, -0.1) is 0 Å². The molecule has 172 valence electrons. The Morgan fingerprint density at radius 3 is 2.33 bits per heavy atom. The van der Waals surface area contributed by atoms with Crippen molar-refractivity contribution in [3.05, 3.63) is 64.4 Å². The zero-order valence-electron chi connectivity index (χ0n) is 20.2. The smallest absolute Gasteiger partial charge is 0.415 e. The molecule has 1 heterocycles. The number of benzene rings is 2. The van der Waals surface area contributed by atoms with Crippen molar-refractivity contribution >= 4 is 22.7 Å². The SMILES string of the molecule is COC(=O)N(c1c(-c2ccccc2)c2cc(CC#N)ccc2c(=O)n1CC(C)C)C(C)(C)C. The number of carbonyl (C=O) groups is 1. The highest BCUT2D eigenvalue weighted by atomic mass is 16.5. The van der Waals surface area contributed by atoms with Gasteiger partial charge in [0, 0.05) is 23.0 Å². The Bertz CT molecular complexity index is 1260. The number of fused-ring (bicyclic) bond motifs is 1. The summed E-state index contributed by atoms with van der Waals surface area (Å²) in [6.45, 7) is 10.3. The summed E-state index contributed by atoms with van der Waals surface area (Å²) in [5.74, 6) is 0.667. The van der Waals surface area contributed by atoms with Crippen molar-refractivity contribution in [1.82, 2.24) is 4.57 Å². The molecule has 33 heavy (non-hydrogen) atoms. The number of rotatable bonds is 5. The van der Waals surface area contributed by atoms with Crippen molar-refractivity contribution in [1.29, 1.82) is 5.26 Å². The highest BCUT2D eigenvalue weighted by molar-refractivity contribution is 6.05. The van der Waals surface area contributed by atoms with Gasteiger partial charge in [-0.1, -0.05) is 50.2 Å². The maximum atomic E-state index is 13.8. The van der Waals surface area contributed by atoms with Crippen molar-refractivity contribution in [2.45, 2.75) is 53.1 Å². The summed E-state index contributed by atoms with van der Waals surface area (Å²) < 4.78 is 6.88. The van der Waals surface area contributed by atoms with Crippen LogP contribution in [0.5, 0.6) is 0 Å². The van der Waals surface area contributed by atoms with Crippen LogP contribution in [-0.4, -0.2) is 23.3 Å². The molecule has 1 amide bonds. The van der Waals surface area contributed by atoms with E-state index in [-0.39, 0.29) is 17.9 Å². The van der Waals surface area contributed by atoms with Crippen LogP contribution in [0.2, 0.25) is 0 Å². The number of ether oxygens (including phenoxy) is 1. The van der Waals surface area contributed by atoms with Crippen LogP contribution in [-0.2, 0) is 17.7 Å². The van der Waals surface area contributed by atoms with E-state index in [0.717, 1.165) is 16.7 Å². The van der Waals surface area contributed by atoms with Gasteiger partial charge in [-0.05, 0) is 55.3 Å². The summed E-state index contributed by atoms with van der Waals surface area (Å²) in [6, 6.07) is 17.4.